The molecule has 0 unspecified atom stereocenters. The van der Waals surface area contributed by atoms with Gasteiger partial charge >= 0.3 is 5.97 Å². The van der Waals surface area contributed by atoms with Crippen LogP contribution in [0.2, 0.25) is 0 Å². The number of aromatic carboxylic acids is 1. The topological polar surface area (TPSA) is 84.6 Å². The highest BCUT2D eigenvalue weighted by atomic mass is 32.2. The van der Waals surface area contributed by atoms with Gasteiger partial charge in [-0.1, -0.05) is 49.0 Å². The van der Waals surface area contributed by atoms with Gasteiger partial charge in [0.1, 0.15) is 12.4 Å². The van der Waals surface area contributed by atoms with Gasteiger partial charge in [0, 0.05) is 17.9 Å². The van der Waals surface area contributed by atoms with Crippen molar-refractivity contribution < 1.29 is 19.7 Å². The van der Waals surface area contributed by atoms with Gasteiger partial charge in [-0.2, -0.15) is 0 Å². The molecule has 0 amide bonds. The number of aliphatic hydroxyl groups excluding tert-OH is 1. The molecule has 3 rings (SSSR count). The van der Waals surface area contributed by atoms with E-state index in [1.807, 2.05) is 28.8 Å². The summed E-state index contributed by atoms with van der Waals surface area (Å²) in [6.45, 7) is 2.88. The number of imidazole rings is 1. The van der Waals surface area contributed by atoms with Crippen molar-refractivity contribution in [2.24, 2.45) is 0 Å². The summed E-state index contributed by atoms with van der Waals surface area (Å²) < 4.78 is 7.80. The Labute approximate surface area is 174 Å². The van der Waals surface area contributed by atoms with E-state index in [-0.39, 0.29) is 18.8 Å². The highest BCUT2D eigenvalue weighted by Gasteiger charge is 2.11. The summed E-state index contributed by atoms with van der Waals surface area (Å²) in [7, 11) is 0. The van der Waals surface area contributed by atoms with Crippen molar-refractivity contribution in [2.45, 2.75) is 38.3 Å². The van der Waals surface area contributed by atoms with E-state index in [0.29, 0.717) is 17.9 Å². The van der Waals surface area contributed by atoms with Crippen LogP contribution in [-0.2, 0) is 19.8 Å². The first kappa shape index (κ1) is 21.0. The molecule has 0 aliphatic rings. The first-order valence-electron chi connectivity index (χ1n) is 9.43. The van der Waals surface area contributed by atoms with E-state index < -0.39 is 5.97 Å². The highest BCUT2D eigenvalue weighted by Crippen LogP contribution is 2.22. The zero-order chi connectivity index (χ0) is 20.6. The molecule has 0 aliphatic heterocycles. The van der Waals surface area contributed by atoms with E-state index in [0.717, 1.165) is 28.6 Å². The van der Waals surface area contributed by atoms with Gasteiger partial charge in [0.05, 0.1) is 24.1 Å². The van der Waals surface area contributed by atoms with Crippen molar-refractivity contribution in [3.63, 3.8) is 0 Å². The largest absolute Gasteiger partial charge is 0.489 e. The van der Waals surface area contributed by atoms with Crippen LogP contribution in [0, 0.1) is 0 Å². The number of rotatable bonds is 10. The van der Waals surface area contributed by atoms with Crippen molar-refractivity contribution in [1.82, 2.24) is 9.55 Å². The third kappa shape index (κ3) is 5.40. The summed E-state index contributed by atoms with van der Waals surface area (Å²) in [5.41, 5.74) is 2.73. The van der Waals surface area contributed by atoms with Gasteiger partial charge in [-0.15, -0.1) is 0 Å². The number of hydrogen-bond donors (Lipinski definition) is 2. The number of nitrogens with zero attached hydrogens (tertiary/aromatic N) is 2. The number of benzene rings is 2. The smallest absolute Gasteiger partial charge is 0.336 e. The number of aromatic nitrogens is 2. The first-order valence-corrected chi connectivity index (χ1v) is 10.4. The molecule has 2 N–H and O–H groups in total. The molecule has 0 fully saturated rings. The minimum absolute atomic E-state index is 0.0517. The summed E-state index contributed by atoms with van der Waals surface area (Å²) in [6.07, 6.45) is 2.78. The lowest BCUT2D eigenvalue weighted by Crippen LogP contribution is -2.07. The Kier molecular flexibility index (Phi) is 7.32. The summed E-state index contributed by atoms with van der Waals surface area (Å²) in [6, 6.07) is 14.5. The summed E-state index contributed by atoms with van der Waals surface area (Å²) in [5.74, 6) is 0.686. The van der Waals surface area contributed by atoms with Gasteiger partial charge in [0.2, 0.25) is 0 Å². The first-order chi connectivity index (χ1) is 14.1. The van der Waals surface area contributed by atoms with Crippen LogP contribution in [0.3, 0.4) is 0 Å². The fourth-order valence-corrected chi connectivity index (χ4v) is 3.74. The minimum atomic E-state index is -0.962. The van der Waals surface area contributed by atoms with Crippen molar-refractivity contribution in [3.8, 4) is 5.75 Å². The van der Waals surface area contributed by atoms with Crippen molar-refractivity contribution >= 4 is 17.7 Å². The van der Waals surface area contributed by atoms with Crippen LogP contribution in [0.15, 0.2) is 59.9 Å². The number of carboxylic acid groups (broad SMARTS) is 1. The molecule has 0 atom stereocenters. The molecule has 2 aromatic carbocycles. The molecule has 3 aromatic rings. The molecule has 1 heterocycles. The van der Waals surface area contributed by atoms with Gasteiger partial charge in [-0.05, 0) is 30.2 Å². The predicted octanol–water partition coefficient (Wildman–Crippen LogP) is 4.20. The third-order valence-electron chi connectivity index (χ3n) is 4.41. The molecule has 0 radical (unpaired) electrons. The van der Waals surface area contributed by atoms with Gasteiger partial charge in [0.25, 0.3) is 0 Å². The molecule has 0 bridgehead atoms. The second kappa shape index (κ2) is 10.1. The lowest BCUT2D eigenvalue weighted by atomic mass is 10.1. The highest BCUT2D eigenvalue weighted by molar-refractivity contribution is 7.99. The number of ether oxygens (including phenoxy) is 1. The lowest BCUT2D eigenvalue weighted by Gasteiger charge is -2.12. The van der Waals surface area contributed by atoms with Crippen molar-refractivity contribution in [2.75, 3.05) is 5.75 Å². The number of carboxylic acids is 1. The van der Waals surface area contributed by atoms with Gasteiger partial charge in [0.15, 0.2) is 5.16 Å². The Morgan fingerprint density at radius 3 is 2.62 bits per heavy atom. The van der Waals surface area contributed by atoms with Gasteiger partial charge < -0.3 is 19.5 Å². The maximum Gasteiger partial charge on any atom is 0.336 e. The molecular weight excluding hydrogens is 388 g/mol. The fourth-order valence-electron chi connectivity index (χ4n) is 2.89. The van der Waals surface area contributed by atoms with E-state index >= 15 is 0 Å². The maximum absolute atomic E-state index is 11.3. The Bertz CT molecular complexity index is 954. The standard InChI is InChI=1S/C22H24N2O4S/c1-2-11-29-22-23-12-18(14-25)24(22)13-16-7-9-19(10-8-16)28-15-17-5-3-4-6-20(17)21(26)27/h3-10,12,25H,2,11,13-15H2,1H3,(H,26,27). The van der Waals surface area contributed by atoms with Crippen LogP contribution in [-0.4, -0.2) is 31.5 Å². The fraction of sp³-hybridized carbons (Fsp3) is 0.273. The minimum Gasteiger partial charge on any atom is -0.489 e. The molecule has 0 spiro atoms. The van der Waals surface area contributed by atoms with Crippen LogP contribution in [0.5, 0.6) is 5.75 Å². The van der Waals surface area contributed by atoms with Crippen molar-refractivity contribution in [3.05, 3.63) is 77.1 Å². The monoisotopic (exact) mass is 412 g/mol. The molecule has 6 nitrogen and oxygen atoms in total. The van der Waals surface area contributed by atoms with E-state index in [4.69, 9.17) is 4.74 Å². The molecule has 0 saturated carbocycles. The van der Waals surface area contributed by atoms with E-state index in [1.54, 1.807) is 42.2 Å². The predicted molar refractivity (Wildman–Crippen MR) is 112 cm³/mol. The van der Waals surface area contributed by atoms with Crippen LogP contribution < -0.4 is 4.74 Å². The van der Waals surface area contributed by atoms with E-state index in [9.17, 15) is 15.0 Å². The molecule has 0 aliphatic carbocycles. The summed E-state index contributed by atoms with van der Waals surface area (Å²) in [5, 5.41) is 19.7. The Morgan fingerprint density at radius 2 is 1.93 bits per heavy atom. The number of carbonyl (C=O) groups is 1. The molecule has 1 aromatic heterocycles. The second-order valence-electron chi connectivity index (χ2n) is 6.52. The molecule has 29 heavy (non-hydrogen) atoms. The lowest BCUT2D eigenvalue weighted by molar-refractivity contribution is 0.0694. The van der Waals surface area contributed by atoms with Gasteiger partial charge in [-0.25, -0.2) is 9.78 Å². The zero-order valence-electron chi connectivity index (χ0n) is 16.2. The molecule has 152 valence electrons. The number of thioether (sulfide) groups is 1. The van der Waals surface area contributed by atoms with Crippen LogP contribution in [0.4, 0.5) is 0 Å². The Morgan fingerprint density at radius 1 is 1.17 bits per heavy atom. The van der Waals surface area contributed by atoms with Crippen LogP contribution in [0.1, 0.15) is 40.5 Å². The zero-order valence-corrected chi connectivity index (χ0v) is 17.1. The van der Waals surface area contributed by atoms with E-state index in [2.05, 4.69) is 11.9 Å². The summed E-state index contributed by atoms with van der Waals surface area (Å²) >= 11 is 1.68. The average Bonchev–Trinajstić information content (AvgIpc) is 3.13. The average molecular weight is 413 g/mol. The molecule has 0 saturated heterocycles. The quantitative estimate of drug-likeness (QED) is 0.486. The number of aliphatic hydroxyl groups is 1. The summed E-state index contributed by atoms with van der Waals surface area (Å²) in [4.78, 5) is 15.7. The normalized spacial score (nSPS) is 10.8. The molecular formula is C22H24N2O4S. The molecule has 7 heteroatoms. The van der Waals surface area contributed by atoms with Crippen molar-refractivity contribution in [1.29, 1.82) is 0 Å². The van der Waals surface area contributed by atoms with E-state index in [1.165, 1.54) is 0 Å². The maximum atomic E-state index is 11.3. The van der Waals surface area contributed by atoms with Crippen LogP contribution >= 0.6 is 11.8 Å². The Hall–Kier alpha value is -2.77. The van der Waals surface area contributed by atoms with Gasteiger partial charge in [-0.3, -0.25) is 0 Å². The van der Waals surface area contributed by atoms with Crippen LogP contribution in [0.25, 0.3) is 0 Å². The SMILES string of the molecule is CCCSc1ncc(CO)n1Cc1ccc(OCc2ccccc2C(=O)O)cc1. The number of hydrogen-bond acceptors (Lipinski definition) is 5. The third-order valence-corrected chi connectivity index (χ3v) is 5.60. The second-order valence-corrected chi connectivity index (χ2v) is 7.58. The Balaban J connectivity index is 1.67.